The van der Waals surface area contributed by atoms with Crippen LogP contribution in [0.2, 0.25) is 0 Å². The van der Waals surface area contributed by atoms with Crippen molar-refractivity contribution in [1.82, 2.24) is 5.32 Å². The summed E-state index contributed by atoms with van der Waals surface area (Å²) in [6.45, 7) is 3.47. The summed E-state index contributed by atoms with van der Waals surface area (Å²) in [5.41, 5.74) is 6.26. The van der Waals surface area contributed by atoms with Crippen molar-refractivity contribution in [2.45, 2.75) is 26.0 Å². The monoisotopic (exact) mass is 251 g/mol. The number of ether oxygens (including phenoxy) is 1. The van der Waals surface area contributed by atoms with Crippen molar-refractivity contribution in [3.8, 4) is 0 Å². The number of oxime groups is 1. The summed E-state index contributed by atoms with van der Waals surface area (Å²) in [6.07, 6.45) is -0.862. The zero-order chi connectivity index (χ0) is 13.5. The first-order chi connectivity index (χ1) is 8.54. The molecule has 0 fully saturated rings. The third-order valence-corrected chi connectivity index (χ3v) is 2.15. The lowest BCUT2D eigenvalue weighted by molar-refractivity contribution is 0.114. The summed E-state index contributed by atoms with van der Waals surface area (Å²) >= 11 is 0. The molecule has 0 spiro atoms. The number of amidine groups is 1. The molecule has 0 aliphatic rings. The lowest BCUT2D eigenvalue weighted by Gasteiger charge is -2.18. The van der Waals surface area contributed by atoms with E-state index in [0.717, 1.165) is 0 Å². The maximum absolute atomic E-state index is 11.5. The van der Waals surface area contributed by atoms with Crippen LogP contribution in [-0.2, 0) is 4.74 Å². The van der Waals surface area contributed by atoms with Gasteiger partial charge in [-0.3, -0.25) is 0 Å². The Morgan fingerprint density at radius 1 is 1.39 bits per heavy atom. The fraction of sp³-hybridized carbons (Fsp3) is 0.333. The van der Waals surface area contributed by atoms with Crippen LogP contribution in [0.3, 0.4) is 0 Å². The Morgan fingerprint density at radius 3 is 2.50 bits per heavy atom. The number of nitrogens with one attached hydrogen (secondary N) is 1. The van der Waals surface area contributed by atoms with Crippen LogP contribution >= 0.6 is 0 Å². The molecule has 0 aliphatic carbocycles. The maximum atomic E-state index is 11.5. The van der Waals surface area contributed by atoms with E-state index in [4.69, 9.17) is 15.7 Å². The highest BCUT2D eigenvalue weighted by Gasteiger charge is 2.20. The minimum absolute atomic E-state index is 0.109. The number of hydrogen-bond acceptors (Lipinski definition) is 4. The number of benzene rings is 1. The van der Waals surface area contributed by atoms with Crippen molar-refractivity contribution in [2.24, 2.45) is 10.9 Å². The highest BCUT2D eigenvalue weighted by Crippen LogP contribution is 2.13. The Balaban J connectivity index is 2.84. The van der Waals surface area contributed by atoms with Crippen LogP contribution in [0, 0.1) is 0 Å². The highest BCUT2D eigenvalue weighted by atomic mass is 16.6. The predicted molar refractivity (Wildman–Crippen MR) is 67.3 cm³/mol. The molecule has 4 N–H and O–H groups in total. The van der Waals surface area contributed by atoms with Crippen molar-refractivity contribution >= 4 is 11.9 Å². The largest absolute Gasteiger partial charge is 0.447 e. The number of carbonyl (C=O) groups is 1. The molecule has 1 rings (SSSR count). The lowest BCUT2D eigenvalue weighted by atomic mass is 10.1. The molecule has 1 aromatic rings. The Morgan fingerprint density at radius 2 is 2.00 bits per heavy atom. The molecule has 1 aromatic carbocycles. The second-order valence-electron chi connectivity index (χ2n) is 3.97. The summed E-state index contributed by atoms with van der Waals surface area (Å²) in [5.74, 6) is -0.109. The van der Waals surface area contributed by atoms with E-state index in [0.29, 0.717) is 5.56 Å². The van der Waals surface area contributed by atoms with Gasteiger partial charge in [0, 0.05) is 0 Å². The number of hydrogen-bond donors (Lipinski definition) is 3. The van der Waals surface area contributed by atoms with E-state index in [-0.39, 0.29) is 11.9 Å². The van der Waals surface area contributed by atoms with Gasteiger partial charge in [0.15, 0.2) is 5.84 Å². The second-order valence-corrected chi connectivity index (χ2v) is 3.97. The average molecular weight is 251 g/mol. The zero-order valence-corrected chi connectivity index (χ0v) is 10.3. The molecular weight excluding hydrogens is 234 g/mol. The van der Waals surface area contributed by atoms with Gasteiger partial charge in [0.2, 0.25) is 0 Å². The van der Waals surface area contributed by atoms with E-state index in [1.54, 1.807) is 38.1 Å². The maximum Gasteiger partial charge on any atom is 0.408 e. The number of alkyl carbamates (subject to hydrolysis) is 1. The molecule has 0 aliphatic heterocycles. The smallest absolute Gasteiger partial charge is 0.408 e. The Kier molecular flexibility index (Phi) is 4.98. The fourth-order valence-corrected chi connectivity index (χ4v) is 1.40. The first kappa shape index (κ1) is 13.8. The SMILES string of the molecule is CC(C)OC(=O)NC(C(N)=NO)c1ccccc1. The minimum Gasteiger partial charge on any atom is -0.447 e. The molecule has 0 aromatic heterocycles. The van der Waals surface area contributed by atoms with E-state index in [1.165, 1.54) is 0 Å². The van der Waals surface area contributed by atoms with Crippen molar-refractivity contribution in [3.63, 3.8) is 0 Å². The Hall–Kier alpha value is -2.24. The number of nitrogens with zero attached hydrogens (tertiary/aromatic N) is 1. The third-order valence-electron chi connectivity index (χ3n) is 2.15. The quantitative estimate of drug-likeness (QED) is 0.328. The molecule has 98 valence electrons. The van der Waals surface area contributed by atoms with Gasteiger partial charge in [0.25, 0.3) is 0 Å². The van der Waals surface area contributed by atoms with Gasteiger partial charge in [-0.1, -0.05) is 35.5 Å². The van der Waals surface area contributed by atoms with Crippen molar-refractivity contribution < 1.29 is 14.7 Å². The van der Waals surface area contributed by atoms with E-state index >= 15 is 0 Å². The normalized spacial score (nSPS) is 13.2. The van der Waals surface area contributed by atoms with Crippen molar-refractivity contribution in [3.05, 3.63) is 35.9 Å². The molecule has 0 saturated heterocycles. The average Bonchev–Trinajstić information content (AvgIpc) is 2.35. The van der Waals surface area contributed by atoms with Crippen molar-refractivity contribution in [1.29, 1.82) is 0 Å². The molecule has 1 atom stereocenters. The first-order valence-electron chi connectivity index (χ1n) is 5.54. The molecule has 0 saturated carbocycles. The van der Waals surface area contributed by atoms with Crippen molar-refractivity contribution in [2.75, 3.05) is 0 Å². The summed E-state index contributed by atoms with van der Waals surface area (Å²) in [7, 11) is 0. The van der Waals surface area contributed by atoms with Gasteiger partial charge in [-0.05, 0) is 19.4 Å². The van der Waals surface area contributed by atoms with E-state index in [9.17, 15) is 4.79 Å². The van der Waals surface area contributed by atoms with Gasteiger partial charge in [0.1, 0.15) is 6.04 Å². The number of amides is 1. The molecular formula is C12H17N3O3. The van der Waals surface area contributed by atoms with Gasteiger partial charge in [-0.15, -0.1) is 0 Å². The molecule has 18 heavy (non-hydrogen) atoms. The van der Waals surface area contributed by atoms with E-state index < -0.39 is 12.1 Å². The Labute approximate surface area is 105 Å². The summed E-state index contributed by atoms with van der Waals surface area (Å²) in [4.78, 5) is 11.5. The third kappa shape index (κ3) is 3.97. The van der Waals surface area contributed by atoms with Gasteiger partial charge >= 0.3 is 6.09 Å². The molecule has 6 heteroatoms. The van der Waals surface area contributed by atoms with Crippen LogP contribution < -0.4 is 11.1 Å². The van der Waals surface area contributed by atoms with Crippen LogP contribution in [-0.4, -0.2) is 23.2 Å². The summed E-state index contributed by atoms with van der Waals surface area (Å²) in [6, 6.07) is 8.23. The molecule has 1 amide bonds. The van der Waals surface area contributed by atoms with E-state index in [1.807, 2.05) is 6.07 Å². The number of carbonyl (C=O) groups excluding carboxylic acids is 1. The molecule has 0 heterocycles. The predicted octanol–water partition coefficient (Wildman–Crippen LogP) is 1.61. The van der Waals surface area contributed by atoms with Crippen LogP contribution in [0.1, 0.15) is 25.5 Å². The Bertz CT molecular complexity index is 418. The van der Waals surface area contributed by atoms with Crippen LogP contribution in [0.4, 0.5) is 4.79 Å². The number of rotatable bonds is 4. The van der Waals surface area contributed by atoms with Gasteiger partial charge in [-0.2, -0.15) is 0 Å². The minimum atomic E-state index is -0.720. The molecule has 6 nitrogen and oxygen atoms in total. The van der Waals surface area contributed by atoms with E-state index in [2.05, 4.69) is 10.5 Å². The fourth-order valence-electron chi connectivity index (χ4n) is 1.40. The van der Waals surface area contributed by atoms with Gasteiger partial charge < -0.3 is 21.0 Å². The molecule has 0 bridgehead atoms. The van der Waals surface area contributed by atoms with Crippen LogP contribution in [0.15, 0.2) is 35.5 Å². The lowest BCUT2D eigenvalue weighted by Crippen LogP contribution is -2.38. The van der Waals surface area contributed by atoms with Gasteiger partial charge in [0.05, 0.1) is 6.10 Å². The highest BCUT2D eigenvalue weighted by molar-refractivity contribution is 5.89. The number of nitrogens with two attached hydrogens (primary N) is 1. The molecule has 1 unspecified atom stereocenters. The topological polar surface area (TPSA) is 96.9 Å². The summed E-state index contributed by atoms with van der Waals surface area (Å²) in [5, 5.41) is 14.2. The summed E-state index contributed by atoms with van der Waals surface area (Å²) < 4.78 is 4.95. The van der Waals surface area contributed by atoms with Crippen LogP contribution in [0.25, 0.3) is 0 Å². The standard InChI is InChI=1S/C12H17N3O3/c1-8(2)18-12(16)14-10(11(13)15-17)9-6-4-3-5-7-9/h3-8,10,17H,1-2H3,(H2,13,15)(H,14,16). The second kappa shape index (κ2) is 6.48. The first-order valence-corrected chi connectivity index (χ1v) is 5.54. The van der Waals surface area contributed by atoms with Crippen LogP contribution in [0.5, 0.6) is 0 Å². The zero-order valence-electron chi connectivity index (χ0n) is 10.3. The molecule has 0 radical (unpaired) electrons. The van der Waals surface area contributed by atoms with Gasteiger partial charge in [-0.25, -0.2) is 4.79 Å².